The van der Waals surface area contributed by atoms with Gasteiger partial charge in [0.15, 0.2) is 0 Å². The zero-order valence-electron chi connectivity index (χ0n) is 14.0. The van der Waals surface area contributed by atoms with Crippen LogP contribution in [0, 0.1) is 5.92 Å². The van der Waals surface area contributed by atoms with Crippen molar-refractivity contribution in [1.82, 2.24) is 15.1 Å². The van der Waals surface area contributed by atoms with Crippen LogP contribution in [-0.4, -0.2) is 66.8 Å². The quantitative estimate of drug-likeness (QED) is 0.802. The molecule has 2 fully saturated rings. The second-order valence-corrected chi connectivity index (χ2v) is 6.57. The molecule has 5 heteroatoms. The molecule has 3 unspecified atom stereocenters. The molecule has 0 aromatic rings. The predicted octanol–water partition coefficient (Wildman–Crippen LogP) is 1.29. The summed E-state index contributed by atoms with van der Waals surface area (Å²) in [5, 5.41) is 3.51. The lowest BCUT2D eigenvalue weighted by molar-refractivity contribution is -0.134. The van der Waals surface area contributed by atoms with E-state index in [1.165, 1.54) is 0 Å². The Kier molecular flexibility index (Phi) is 6.02. The van der Waals surface area contributed by atoms with Crippen LogP contribution in [0.4, 0.5) is 0 Å². The average Bonchev–Trinajstić information content (AvgIpc) is 2.77. The average molecular weight is 297 g/mol. The van der Waals surface area contributed by atoms with Gasteiger partial charge in [0.1, 0.15) is 0 Å². The van der Waals surface area contributed by atoms with Crippen molar-refractivity contribution >= 4 is 5.91 Å². The molecule has 21 heavy (non-hydrogen) atoms. The van der Waals surface area contributed by atoms with Crippen LogP contribution >= 0.6 is 0 Å². The summed E-state index contributed by atoms with van der Waals surface area (Å²) in [6.07, 6.45) is 2.25. The zero-order chi connectivity index (χ0) is 15.4. The van der Waals surface area contributed by atoms with E-state index in [1.54, 1.807) is 0 Å². The summed E-state index contributed by atoms with van der Waals surface area (Å²) in [5.74, 6) is 0.675. The second-order valence-electron chi connectivity index (χ2n) is 6.57. The number of morpholine rings is 1. The summed E-state index contributed by atoms with van der Waals surface area (Å²) in [6.45, 7) is 13.1. The fourth-order valence-electron chi connectivity index (χ4n) is 3.35. The molecule has 2 heterocycles. The van der Waals surface area contributed by atoms with Crippen molar-refractivity contribution in [3.8, 4) is 0 Å². The Bertz CT molecular complexity index is 348. The predicted molar refractivity (Wildman–Crippen MR) is 84.0 cm³/mol. The minimum absolute atomic E-state index is 0.00623. The topological polar surface area (TPSA) is 44.8 Å². The first-order valence-electron chi connectivity index (χ1n) is 8.47. The zero-order valence-corrected chi connectivity index (χ0v) is 14.0. The second kappa shape index (κ2) is 7.56. The van der Waals surface area contributed by atoms with Crippen molar-refractivity contribution < 1.29 is 9.53 Å². The van der Waals surface area contributed by atoms with Crippen LogP contribution in [0.3, 0.4) is 0 Å². The first-order chi connectivity index (χ1) is 10.1. The molecule has 122 valence electrons. The molecule has 2 aliphatic rings. The Morgan fingerprint density at radius 2 is 2.14 bits per heavy atom. The first-order valence-corrected chi connectivity index (χ1v) is 8.47. The van der Waals surface area contributed by atoms with Gasteiger partial charge in [-0.3, -0.25) is 15.0 Å². The highest BCUT2D eigenvalue weighted by molar-refractivity contribution is 5.84. The molecule has 5 nitrogen and oxygen atoms in total. The van der Waals surface area contributed by atoms with Crippen molar-refractivity contribution in [1.29, 1.82) is 0 Å². The maximum Gasteiger partial charge on any atom is 0.241 e. The van der Waals surface area contributed by atoms with Gasteiger partial charge in [-0.2, -0.15) is 0 Å². The summed E-state index contributed by atoms with van der Waals surface area (Å²) < 4.78 is 5.88. The summed E-state index contributed by atoms with van der Waals surface area (Å²) in [7, 11) is 0. The number of rotatable bonds is 6. The van der Waals surface area contributed by atoms with Gasteiger partial charge in [0.25, 0.3) is 0 Å². The number of nitrogens with one attached hydrogen (secondary N) is 1. The lowest BCUT2D eigenvalue weighted by Crippen LogP contribution is -2.51. The molecule has 2 saturated heterocycles. The number of nitrogens with zero attached hydrogens (tertiary/aromatic N) is 2. The van der Waals surface area contributed by atoms with Crippen molar-refractivity contribution in [3.05, 3.63) is 0 Å². The Labute approximate surface area is 129 Å². The van der Waals surface area contributed by atoms with Gasteiger partial charge >= 0.3 is 0 Å². The van der Waals surface area contributed by atoms with Crippen molar-refractivity contribution in [2.24, 2.45) is 5.92 Å². The third-order valence-corrected chi connectivity index (χ3v) is 4.57. The van der Waals surface area contributed by atoms with E-state index in [9.17, 15) is 4.79 Å². The van der Waals surface area contributed by atoms with Gasteiger partial charge in [-0.1, -0.05) is 34.1 Å². The number of hydrogen-bond donors (Lipinski definition) is 1. The highest BCUT2D eigenvalue weighted by Crippen LogP contribution is 2.21. The molecule has 0 saturated carbocycles. The molecule has 3 atom stereocenters. The highest BCUT2D eigenvalue weighted by Gasteiger charge is 2.40. The minimum atomic E-state index is -0.00623. The number of ether oxygens (including phenoxy) is 1. The van der Waals surface area contributed by atoms with E-state index >= 15 is 0 Å². The molecule has 0 spiro atoms. The van der Waals surface area contributed by atoms with Gasteiger partial charge in [0.2, 0.25) is 5.91 Å². The Morgan fingerprint density at radius 3 is 2.76 bits per heavy atom. The lowest BCUT2D eigenvalue weighted by atomic mass is 10.1. The molecular formula is C16H31N3O2. The molecule has 0 radical (unpaired) electrons. The largest absolute Gasteiger partial charge is 0.374 e. The third kappa shape index (κ3) is 3.96. The van der Waals surface area contributed by atoms with Crippen LogP contribution in [0.25, 0.3) is 0 Å². The third-order valence-electron chi connectivity index (χ3n) is 4.57. The SMILES string of the molecule is CCCC1NC(C(C)C)N(CC2CN(CC)CCO2)C1=O. The van der Waals surface area contributed by atoms with Crippen molar-refractivity contribution in [2.45, 2.75) is 58.8 Å². The number of amides is 1. The maximum absolute atomic E-state index is 12.6. The van der Waals surface area contributed by atoms with Gasteiger partial charge < -0.3 is 9.64 Å². The van der Waals surface area contributed by atoms with E-state index in [0.717, 1.165) is 39.1 Å². The van der Waals surface area contributed by atoms with Crippen LogP contribution in [0.2, 0.25) is 0 Å². The molecule has 0 bridgehead atoms. The standard InChI is InChI=1S/C16H31N3O2/c1-5-7-14-16(20)19(15(17-14)12(3)4)11-13-10-18(6-2)8-9-21-13/h12-15,17H,5-11H2,1-4H3. The van der Waals surface area contributed by atoms with Crippen LogP contribution in [-0.2, 0) is 9.53 Å². The van der Waals surface area contributed by atoms with Gasteiger partial charge in [-0.05, 0) is 18.9 Å². The fraction of sp³-hybridized carbons (Fsp3) is 0.938. The van der Waals surface area contributed by atoms with Gasteiger partial charge in [-0.25, -0.2) is 0 Å². The van der Waals surface area contributed by atoms with Gasteiger partial charge in [0.05, 0.1) is 24.9 Å². The van der Waals surface area contributed by atoms with Crippen LogP contribution in [0.1, 0.15) is 40.5 Å². The number of carbonyl (C=O) groups is 1. The van der Waals surface area contributed by atoms with E-state index in [4.69, 9.17) is 4.74 Å². The van der Waals surface area contributed by atoms with E-state index in [0.29, 0.717) is 12.5 Å². The van der Waals surface area contributed by atoms with E-state index < -0.39 is 0 Å². The van der Waals surface area contributed by atoms with Crippen LogP contribution in [0.5, 0.6) is 0 Å². The number of hydrogen-bond acceptors (Lipinski definition) is 4. The van der Waals surface area contributed by atoms with Crippen LogP contribution < -0.4 is 5.32 Å². The van der Waals surface area contributed by atoms with E-state index in [1.807, 2.05) is 4.90 Å². The molecule has 2 aliphatic heterocycles. The molecule has 1 amide bonds. The monoisotopic (exact) mass is 297 g/mol. The molecule has 2 rings (SSSR count). The van der Waals surface area contributed by atoms with Crippen LogP contribution in [0.15, 0.2) is 0 Å². The summed E-state index contributed by atoms with van der Waals surface area (Å²) in [6, 6.07) is -0.00623. The molecular weight excluding hydrogens is 266 g/mol. The number of carbonyl (C=O) groups excluding carboxylic acids is 1. The molecule has 0 aromatic carbocycles. The van der Waals surface area contributed by atoms with E-state index in [-0.39, 0.29) is 24.2 Å². The molecule has 0 aromatic heterocycles. The smallest absolute Gasteiger partial charge is 0.241 e. The fourth-order valence-corrected chi connectivity index (χ4v) is 3.35. The normalized spacial score (nSPS) is 31.4. The highest BCUT2D eigenvalue weighted by atomic mass is 16.5. The molecule has 1 N–H and O–H groups in total. The maximum atomic E-state index is 12.6. The van der Waals surface area contributed by atoms with Gasteiger partial charge in [0, 0.05) is 19.6 Å². The Morgan fingerprint density at radius 1 is 1.38 bits per heavy atom. The number of likely N-dealkylation sites (N-methyl/N-ethyl adjacent to an activating group) is 1. The summed E-state index contributed by atoms with van der Waals surface area (Å²) >= 11 is 0. The summed E-state index contributed by atoms with van der Waals surface area (Å²) in [4.78, 5) is 17.1. The lowest BCUT2D eigenvalue weighted by Gasteiger charge is -2.36. The Hall–Kier alpha value is -0.650. The Balaban J connectivity index is 1.99. The van der Waals surface area contributed by atoms with Crippen molar-refractivity contribution in [2.75, 3.05) is 32.8 Å². The van der Waals surface area contributed by atoms with Crippen molar-refractivity contribution in [3.63, 3.8) is 0 Å². The molecule has 0 aliphatic carbocycles. The van der Waals surface area contributed by atoms with E-state index in [2.05, 4.69) is 37.9 Å². The first kappa shape index (κ1) is 16.7. The minimum Gasteiger partial charge on any atom is -0.374 e. The summed E-state index contributed by atoms with van der Waals surface area (Å²) in [5.41, 5.74) is 0. The van der Waals surface area contributed by atoms with Gasteiger partial charge in [-0.15, -0.1) is 0 Å².